The number of aromatic nitrogens is 2. The van der Waals surface area contributed by atoms with Gasteiger partial charge in [-0.2, -0.15) is 8.42 Å². The fraction of sp³-hybridized carbons (Fsp3) is 0.190. The normalized spacial score (nSPS) is 12.0. The van der Waals surface area contributed by atoms with Crippen LogP contribution in [0.2, 0.25) is 0 Å². The summed E-state index contributed by atoms with van der Waals surface area (Å²) in [6.45, 7) is 0.915. The lowest BCUT2D eigenvalue weighted by atomic mass is 10.1. The topological polar surface area (TPSA) is 90.1 Å². The van der Waals surface area contributed by atoms with E-state index in [1.165, 1.54) is 0 Å². The molecule has 3 N–H and O–H groups in total. The number of nitrogens with zero attached hydrogens (tertiary/aromatic N) is 2. The van der Waals surface area contributed by atoms with Gasteiger partial charge in [0.1, 0.15) is 0 Å². The van der Waals surface area contributed by atoms with E-state index in [4.69, 9.17) is 0 Å². The van der Waals surface area contributed by atoms with Crippen molar-refractivity contribution in [3.05, 3.63) is 66.5 Å². The van der Waals surface area contributed by atoms with Crippen LogP contribution in [0, 0.1) is 0 Å². The molecule has 0 aliphatic carbocycles. The summed E-state index contributed by atoms with van der Waals surface area (Å²) >= 11 is 0. The highest BCUT2D eigenvalue weighted by Gasteiger charge is 2.14. The number of hydrogen-bond donors (Lipinski definition) is 3. The maximum absolute atomic E-state index is 12.7. The molecule has 0 unspecified atom stereocenters. The largest absolute Gasteiger partial charge is 0.361 e. The Kier molecular flexibility index (Phi) is 5.12. The monoisotopic (exact) mass is 409 g/mol. The molecule has 0 spiro atoms. The first-order chi connectivity index (χ1) is 13.9. The van der Waals surface area contributed by atoms with E-state index < -0.39 is 10.2 Å². The molecule has 2 aromatic heterocycles. The minimum atomic E-state index is -3.83. The smallest absolute Gasteiger partial charge is 0.321 e. The van der Waals surface area contributed by atoms with Crippen LogP contribution in [-0.2, 0) is 16.6 Å². The molecular weight excluding hydrogens is 386 g/mol. The number of rotatable bonds is 7. The van der Waals surface area contributed by atoms with Crippen molar-refractivity contribution in [2.45, 2.75) is 6.42 Å². The van der Waals surface area contributed by atoms with Crippen molar-refractivity contribution in [2.24, 2.45) is 0 Å². The Morgan fingerprint density at radius 1 is 1.07 bits per heavy atom. The first-order valence-corrected chi connectivity index (χ1v) is 10.8. The van der Waals surface area contributed by atoms with E-state index in [2.05, 4.69) is 24.3 Å². The lowest BCUT2D eigenvalue weighted by molar-refractivity contribution is 0.414. The minimum Gasteiger partial charge on any atom is -0.361 e. The van der Waals surface area contributed by atoms with Gasteiger partial charge in [0.25, 0.3) is 0 Å². The maximum atomic E-state index is 12.7. The number of para-hydroxylation sites is 1. The van der Waals surface area contributed by atoms with Crippen LogP contribution in [0.4, 0.5) is 11.4 Å². The molecule has 8 heteroatoms. The molecular formula is C21H23N5O2S. The van der Waals surface area contributed by atoms with Crippen molar-refractivity contribution in [2.75, 3.05) is 30.1 Å². The second-order valence-electron chi connectivity index (χ2n) is 7.22. The van der Waals surface area contributed by atoms with Crippen LogP contribution in [0.3, 0.4) is 0 Å². The summed E-state index contributed by atoms with van der Waals surface area (Å²) in [5, 5.41) is 1.88. The van der Waals surface area contributed by atoms with Gasteiger partial charge in [-0.3, -0.25) is 14.4 Å². The molecule has 0 saturated heterocycles. The Morgan fingerprint density at radius 3 is 2.72 bits per heavy atom. The number of H-pyrrole nitrogens is 1. The standard InChI is InChI=1S/C21H23N5O2S/c1-26(2)12-10-16-14-23-19-9-8-17(13-18(16)19)24-29(27,28)25-20-7-3-5-15-6-4-11-22-21(15)20/h3-9,11,13-14,23-25H,10,12H2,1-2H3. The zero-order chi connectivity index (χ0) is 20.4. The molecule has 2 aromatic carbocycles. The van der Waals surface area contributed by atoms with Crippen molar-refractivity contribution >= 4 is 43.4 Å². The summed E-state index contributed by atoms with van der Waals surface area (Å²) in [5.74, 6) is 0. The molecule has 0 bridgehead atoms. The van der Waals surface area contributed by atoms with Crippen molar-refractivity contribution in [3.63, 3.8) is 0 Å². The van der Waals surface area contributed by atoms with Crippen LogP contribution in [0.1, 0.15) is 5.56 Å². The average Bonchev–Trinajstić information content (AvgIpc) is 3.08. The molecule has 0 aliphatic rings. The third kappa shape index (κ3) is 4.33. The molecule has 0 saturated carbocycles. The van der Waals surface area contributed by atoms with Gasteiger partial charge in [0.05, 0.1) is 16.9 Å². The molecule has 0 radical (unpaired) electrons. The Morgan fingerprint density at radius 2 is 1.90 bits per heavy atom. The Bertz CT molecular complexity index is 1260. The molecule has 0 amide bonds. The number of pyridine rings is 1. The highest BCUT2D eigenvalue weighted by atomic mass is 32.2. The van der Waals surface area contributed by atoms with E-state index in [-0.39, 0.29) is 0 Å². The highest BCUT2D eigenvalue weighted by Crippen LogP contribution is 2.25. The van der Waals surface area contributed by atoms with Gasteiger partial charge in [0, 0.05) is 35.2 Å². The molecule has 150 valence electrons. The third-order valence-electron chi connectivity index (χ3n) is 4.73. The fourth-order valence-electron chi connectivity index (χ4n) is 3.30. The SMILES string of the molecule is CN(C)CCc1c[nH]c2ccc(NS(=O)(=O)Nc3cccc4cccnc34)cc12. The fourth-order valence-corrected chi connectivity index (χ4v) is 4.25. The van der Waals surface area contributed by atoms with Gasteiger partial charge >= 0.3 is 10.2 Å². The van der Waals surface area contributed by atoms with Gasteiger partial charge in [-0.25, -0.2) is 0 Å². The predicted octanol–water partition coefficient (Wildman–Crippen LogP) is 3.59. The second kappa shape index (κ2) is 7.73. The number of anilines is 2. The minimum absolute atomic E-state index is 0.435. The van der Waals surface area contributed by atoms with E-state index in [0.29, 0.717) is 16.9 Å². The van der Waals surface area contributed by atoms with Crippen molar-refractivity contribution in [3.8, 4) is 0 Å². The van der Waals surface area contributed by atoms with Gasteiger partial charge in [-0.05, 0) is 56.4 Å². The summed E-state index contributed by atoms with van der Waals surface area (Å²) < 4.78 is 30.7. The van der Waals surface area contributed by atoms with Crippen LogP contribution in [0.5, 0.6) is 0 Å². The third-order valence-corrected chi connectivity index (χ3v) is 5.72. The molecule has 2 heterocycles. The Hall–Kier alpha value is -3.10. The average molecular weight is 410 g/mol. The van der Waals surface area contributed by atoms with E-state index in [1.807, 2.05) is 50.6 Å². The van der Waals surface area contributed by atoms with E-state index in [9.17, 15) is 8.42 Å². The van der Waals surface area contributed by atoms with Gasteiger partial charge < -0.3 is 9.88 Å². The molecule has 7 nitrogen and oxygen atoms in total. The van der Waals surface area contributed by atoms with Crippen LogP contribution in [-0.4, -0.2) is 43.9 Å². The van der Waals surface area contributed by atoms with Gasteiger partial charge in [0.15, 0.2) is 0 Å². The Balaban J connectivity index is 1.59. The zero-order valence-corrected chi connectivity index (χ0v) is 17.1. The van der Waals surface area contributed by atoms with Crippen LogP contribution in [0.25, 0.3) is 21.8 Å². The first-order valence-electron chi connectivity index (χ1n) is 9.30. The zero-order valence-electron chi connectivity index (χ0n) is 16.3. The number of benzene rings is 2. The number of likely N-dealkylation sites (N-methyl/N-ethyl adjacent to an activating group) is 1. The van der Waals surface area contributed by atoms with Gasteiger partial charge in [-0.1, -0.05) is 18.2 Å². The number of aromatic amines is 1. The summed E-state index contributed by atoms with van der Waals surface area (Å²) in [5.41, 5.74) is 3.68. The van der Waals surface area contributed by atoms with Crippen molar-refractivity contribution in [1.29, 1.82) is 0 Å². The maximum Gasteiger partial charge on any atom is 0.321 e. The van der Waals surface area contributed by atoms with Gasteiger partial charge in [0.2, 0.25) is 0 Å². The van der Waals surface area contributed by atoms with Crippen LogP contribution in [0.15, 0.2) is 60.9 Å². The quantitative estimate of drug-likeness (QED) is 0.435. The van der Waals surface area contributed by atoms with Crippen LogP contribution < -0.4 is 9.44 Å². The summed E-state index contributed by atoms with van der Waals surface area (Å²) in [7, 11) is 0.232. The predicted molar refractivity (Wildman–Crippen MR) is 118 cm³/mol. The molecule has 4 aromatic rings. The van der Waals surface area contributed by atoms with Gasteiger partial charge in [-0.15, -0.1) is 0 Å². The van der Waals surface area contributed by atoms with E-state index >= 15 is 0 Å². The number of hydrogen-bond acceptors (Lipinski definition) is 4. The number of fused-ring (bicyclic) bond motifs is 2. The van der Waals surface area contributed by atoms with Crippen LogP contribution >= 0.6 is 0 Å². The Labute approximate surface area is 169 Å². The highest BCUT2D eigenvalue weighted by molar-refractivity contribution is 7.94. The van der Waals surface area contributed by atoms with Crippen molar-refractivity contribution in [1.82, 2.24) is 14.9 Å². The summed E-state index contributed by atoms with van der Waals surface area (Å²) in [4.78, 5) is 9.65. The molecule has 0 atom stereocenters. The molecule has 0 fully saturated rings. The number of nitrogens with one attached hydrogen (secondary N) is 3. The lowest BCUT2D eigenvalue weighted by Crippen LogP contribution is -2.21. The first kappa shape index (κ1) is 19.2. The second-order valence-corrected chi connectivity index (χ2v) is 8.63. The van der Waals surface area contributed by atoms with E-state index in [0.717, 1.165) is 34.8 Å². The summed E-state index contributed by atoms with van der Waals surface area (Å²) in [6, 6.07) is 14.6. The molecule has 4 rings (SSSR count). The van der Waals surface area contributed by atoms with E-state index in [1.54, 1.807) is 24.4 Å². The summed E-state index contributed by atoms with van der Waals surface area (Å²) in [6.07, 6.45) is 4.50. The van der Waals surface area contributed by atoms with Crippen molar-refractivity contribution < 1.29 is 8.42 Å². The lowest BCUT2D eigenvalue weighted by Gasteiger charge is -2.12. The molecule has 0 aliphatic heterocycles. The molecule has 29 heavy (non-hydrogen) atoms.